The molecule has 24 heavy (non-hydrogen) atoms. The number of hydrogen-bond donors (Lipinski definition) is 1. The monoisotopic (exact) mass is 317 g/mol. The van der Waals surface area contributed by atoms with Crippen molar-refractivity contribution in [2.24, 2.45) is 5.10 Å². The maximum Gasteiger partial charge on any atom is 0.265 e. The van der Waals surface area contributed by atoms with Gasteiger partial charge in [0.1, 0.15) is 5.52 Å². The van der Waals surface area contributed by atoms with Crippen LogP contribution in [0.15, 0.2) is 53.9 Å². The van der Waals surface area contributed by atoms with E-state index in [1.807, 2.05) is 30.3 Å². The normalized spacial score (nSPS) is 11.5. The third-order valence-electron chi connectivity index (χ3n) is 3.77. The molecule has 0 aliphatic heterocycles. The summed E-state index contributed by atoms with van der Waals surface area (Å²) in [6, 6.07) is 11.8. The van der Waals surface area contributed by atoms with E-state index in [0.29, 0.717) is 5.95 Å². The van der Waals surface area contributed by atoms with Crippen molar-refractivity contribution in [3.05, 3.63) is 54.4 Å². The number of aryl methyl sites for hydroxylation is 1. The zero-order valence-corrected chi connectivity index (χ0v) is 13.1. The molecule has 0 radical (unpaired) electrons. The van der Waals surface area contributed by atoms with E-state index < -0.39 is 0 Å². The van der Waals surface area contributed by atoms with E-state index >= 15 is 0 Å². The Morgan fingerprint density at radius 3 is 2.79 bits per heavy atom. The van der Waals surface area contributed by atoms with Crippen molar-refractivity contribution >= 4 is 34.2 Å². The highest BCUT2D eigenvalue weighted by Gasteiger charge is 2.13. The molecule has 118 valence electrons. The predicted molar refractivity (Wildman–Crippen MR) is 94.0 cm³/mol. The number of aromatic nitrogens is 5. The molecule has 4 rings (SSSR count). The van der Waals surface area contributed by atoms with Crippen LogP contribution < -0.4 is 5.43 Å². The molecule has 0 saturated heterocycles. The smallest absolute Gasteiger partial charge is 0.265 e. The van der Waals surface area contributed by atoms with E-state index in [1.54, 1.807) is 18.6 Å². The number of nitrogens with zero attached hydrogens (tertiary/aromatic N) is 6. The van der Waals surface area contributed by atoms with Crippen LogP contribution in [0.4, 0.5) is 5.95 Å². The minimum atomic E-state index is 0.366. The van der Waals surface area contributed by atoms with Gasteiger partial charge in [-0.1, -0.05) is 18.2 Å². The van der Waals surface area contributed by atoms with Gasteiger partial charge in [0.05, 0.1) is 11.7 Å². The Bertz CT molecular complexity index is 1020. The lowest BCUT2D eigenvalue weighted by atomic mass is 10.2. The van der Waals surface area contributed by atoms with Crippen molar-refractivity contribution in [3.8, 4) is 0 Å². The van der Waals surface area contributed by atoms with Crippen molar-refractivity contribution < 1.29 is 0 Å². The molecule has 1 aromatic carbocycles. The summed E-state index contributed by atoms with van der Waals surface area (Å²) in [6.07, 6.45) is 5.11. The Balaban J connectivity index is 1.70. The lowest BCUT2D eigenvalue weighted by Crippen LogP contribution is -2.02. The maximum atomic E-state index is 4.57. The van der Waals surface area contributed by atoms with Gasteiger partial charge < -0.3 is 4.57 Å². The number of rotatable bonds is 4. The van der Waals surface area contributed by atoms with E-state index in [4.69, 9.17) is 0 Å². The molecule has 0 bridgehead atoms. The Labute approximate surface area is 138 Å². The van der Waals surface area contributed by atoms with Crippen LogP contribution in [0.2, 0.25) is 0 Å². The van der Waals surface area contributed by atoms with Gasteiger partial charge >= 0.3 is 0 Å². The summed E-state index contributed by atoms with van der Waals surface area (Å²) < 4.78 is 2.12. The van der Waals surface area contributed by atoms with Gasteiger partial charge in [-0.15, -0.1) is 10.2 Å². The van der Waals surface area contributed by atoms with Crippen molar-refractivity contribution in [3.63, 3.8) is 0 Å². The number of hydrogen-bond acceptors (Lipinski definition) is 6. The van der Waals surface area contributed by atoms with Crippen LogP contribution in [-0.4, -0.2) is 30.9 Å². The second-order valence-electron chi connectivity index (χ2n) is 5.22. The van der Waals surface area contributed by atoms with E-state index in [1.165, 1.54) is 0 Å². The molecule has 0 saturated carbocycles. The third kappa shape index (κ3) is 2.45. The molecule has 1 N–H and O–H groups in total. The van der Waals surface area contributed by atoms with Crippen LogP contribution >= 0.6 is 0 Å². The number of para-hydroxylation sites is 1. The number of benzene rings is 1. The van der Waals surface area contributed by atoms with Gasteiger partial charge in [0.15, 0.2) is 5.65 Å². The number of hydrazone groups is 1. The second kappa shape index (κ2) is 6.04. The summed E-state index contributed by atoms with van der Waals surface area (Å²) in [4.78, 5) is 8.53. The molecular weight excluding hydrogens is 302 g/mol. The predicted octanol–water partition coefficient (Wildman–Crippen LogP) is 2.84. The van der Waals surface area contributed by atoms with Crippen LogP contribution in [0.1, 0.15) is 12.5 Å². The highest BCUT2D eigenvalue weighted by molar-refractivity contribution is 6.04. The molecule has 7 heteroatoms. The first-order valence-electron chi connectivity index (χ1n) is 7.67. The van der Waals surface area contributed by atoms with Gasteiger partial charge in [0.2, 0.25) is 0 Å². The SMILES string of the molecule is CCn1c2ccccc2c2nnc(N/N=C\c3ccncc3)nc21. The topological polar surface area (TPSA) is 80.9 Å². The molecule has 0 atom stereocenters. The molecule has 0 amide bonds. The quantitative estimate of drug-likeness (QED) is 0.462. The van der Waals surface area contributed by atoms with Gasteiger partial charge in [-0.05, 0) is 30.7 Å². The zero-order chi connectivity index (χ0) is 16.4. The summed E-state index contributed by atoms with van der Waals surface area (Å²) in [5, 5.41) is 13.7. The molecule has 7 nitrogen and oxygen atoms in total. The van der Waals surface area contributed by atoms with E-state index in [9.17, 15) is 0 Å². The number of pyridine rings is 1. The summed E-state index contributed by atoms with van der Waals surface area (Å²) in [5.74, 6) is 0.366. The van der Waals surface area contributed by atoms with E-state index in [2.05, 4.69) is 48.2 Å². The lowest BCUT2D eigenvalue weighted by Gasteiger charge is -2.02. The highest BCUT2D eigenvalue weighted by atomic mass is 15.4. The molecule has 3 aromatic heterocycles. The average molecular weight is 317 g/mol. The van der Waals surface area contributed by atoms with Crippen molar-refractivity contribution in [1.29, 1.82) is 0 Å². The van der Waals surface area contributed by atoms with Crippen LogP contribution in [0.5, 0.6) is 0 Å². The molecule has 4 aromatic rings. The van der Waals surface area contributed by atoms with Crippen molar-refractivity contribution in [2.75, 3.05) is 5.43 Å². The van der Waals surface area contributed by atoms with Gasteiger partial charge in [0, 0.05) is 24.3 Å². The summed E-state index contributed by atoms with van der Waals surface area (Å²) >= 11 is 0. The molecule has 0 unspecified atom stereocenters. The number of nitrogens with one attached hydrogen (secondary N) is 1. The second-order valence-corrected chi connectivity index (χ2v) is 5.22. The lowest BCUT2D eigenvalue weighted by molar-refractivity contribution is 0.811. The first-order valence-corrected chi connectivity index (χ1v) is 7.67. The van der Waals surface area contributed by atoms with Gasteiger partial charge in [-0.25, -0.2) is 5.43 Å². The van der Waals surface area contributed by atoms with Gasteiger partial charge in [0.25, 0.3) is 5.95 Å². The summed E-state index contributed by atoms with van der Waals surface area (Å²) in [7, 11) is 0. The van der Waals surface area contributed by atoms with Crippen molar-refractivity contribution in [1.82, 2.24) is 24.7 Å². The Kier molecular flexibility index (Phi) is 3.59. The van der Waals surface area contributed by atoms with Gasteiger partial charge in [-0.2, -0.15) is 10.1 Å². The average Bonchev–Trinajstić information content (AvgIpc) is 2.95. The molecule has 0 spiro atoms. The Morgan fingerprint density at radius 2 is 1.96 bits per heavy atom. The van der Waals surface area contributed by atoms with Crippen molar-refractivity contribution in [2.45, 2.75) is 13.5 Å². The minimum absolute atomic E-state index is 0.366. The standard InChI is InChI=1S/C17H15N7/c1-2-24-14-6-4-3-5-13(14)15-16(24)20-17(23-21-15)22-19-11-12-7-9-18-10-8-12/h3-11H,2H2,1H3,(H,20,22,23)/b19-11-. The fraction of sp³-hybridized carbons (Fsp3) is 0.118. The fourth-order valence-electron chi connectivity index (χ4n) is 2.69. The van der Waals surface area contributed by atoms with Crippen LogP contribution in [0.25, 0.3) is 22.1 Å². The van der Waals surface area contributed by atoms with Crippen LogP contribution in [0.3, 0.4) is 0 Å². The molecule has 0 aliphatic rings. The number of anilines is 1. The van der Waals surface area contributed by atoms with Gasteiger partial charge in [-0.3, -0.25) is 4.98 Å². The summed E-state index contributed by atoms with van der Waals surface area (Å²) in [5.41, 5.74) is 6.48. The fourth-order valence-corrected chi connectivity index (χ4v) is 2.69. The largest absolute Gasteiger partial charge is 0.324 e. The molecule has 3 heterocycles. The Morgan fingerprint density at radius 1 is 1.12 bits per heavy atom. The van der Waals surface area contributed by atoms with Crippen LogP contribution in [0, 0.1) is 0 Å². The first-order chi connectivity index (χ1) is 11.9. The molecule has 0 fully saturated rings. The highest BCUT2D eigenvalue weighted by Crippen LogP contribution is 2.25. The molecule has 0 aliphatic carbocycles. The third-order valence-corrected chi connectivity index (χ3v) is 3.77. The maximum absolute atomic E-state index is 4.57. The minimum Gasteiger partial charge on any atom is -0.324 e. The Hall–Kier alpha value is -3.35. The van der Waals surface area contributed by atoms with E-state index in [0.717, 1.165) is 34.2 Å². The zero-order valence-electron chi connectivity index (χ0n) is 13.1. The van der Waals surface area contributed by atoms with Crippen LogP contribution in [-0.2, 0) is 6.54 Å². The number of fused-ring (bicyclic) bond motifs is 3. The van der Waals surface area contributed by atoms with E-state index in [-0.39, 0.29) is 0 Å². The molecular formula is C17H15N7. The summed E-state index contributed by atoms with van der Waals surface area (Å²) in [6.45, 7) is 2.89. The first kappa shape index (κ1) is 14.3.